The van der Waals surface area contributed by atoms with E-state index < -0.39 is 6.10 Å². The van der Waals surface area contributed by atoms with Crippen LogP contribution < -0.4 is 20.9 Å². The van der Waals surface area contributed by atoms with Gasteiger partial charge < -0.3 is 30.9 Å². The van der Waals surface area contributed by atoms with Crippen LogP contribution in [0.2, 0.25) is 0 Å². The van der Waals surface area contributed by atoms with Crippen LogP contribution in [0.15, 0.2) is 42.5 Å². The van der Waals surface area contributed by atoms with Crippen molar-refractivity contribution in [2.24, 2.45) is 5.92 Å². The van der Waals surface area contributed by atoms with Crippen LogP contribution in [-0.4, -0.2) is 49.0 Å². The number of nitrogen functional groups attached to an aromatic ring is 2. The van der Waals surface area contributed by atoms with E-state index in [9.17, 15) is 5.11 Å². The zero-order chi connectivity index (χ0) is 19.9. The van der Waals surface area contributed by atoms with Crippen molar-refractivity contribution in [2.45, 2.75) is 25.9 Å². The molecule has 1 fully saturated rings. The van der Waals surface area contributed by atoms with E-state index in [1.54, 1.807) is 0 Å². The zero-order valence-electron chi connectivity index (χ0n) is 17.7. The summed E-state index contributed by atoms with van der Waals surface area (Å²) < 4.78 is 11.6. The van der Waals surface area contributed by atoms with Gasteiger partial charge in [0.25, 0.3) is 0 Å². The smallest absolute Gasteiger partial charge is 0.144 e. The highest BCUT2D eigenvalue weighted by molar-refractivity contribution is 5.86. The number of anilines is 2. The Morgan fingerprint density at radius 2 is 1.68 bits per heavy atom. The van der Waals surface area contributed by atoms with Gasteiger partial charge in [0, 0.05) is 6.54 Å². The number of rotatable bonds is 8. The molecule has 176 valence electrons. The highest BCUT2D eigenvalue weighted by Gasteiger charge is 2.22. The van der Waals surface area contributed by atoms with Gasteiger partial charge in [-0.05, 0) is 68.6 Å². The maximum atomic E-state index is 10.3. The van der Waals surface area contributed by atoms with Gasteiger partial charge >= 0.3 is 0 Å². The van der Waals surface area contributed by atoms with Gasteiger partial charge in [0.2, 0.25) is 0 Å². The van der Waals surface area contributed by atoms with Gasteiger partial charge in [0.1, 0.15) is 24.2 Å². The lowest BCUT2D eigenvalue weighted by molar-refractivity contribution is 0.0505. The maximum absolute atomic E-state index is 10.3. The Hall–Kier alpha value is -1.57. The third-order valence-electron chi connectivity index (χ3n) is 5.15. The van der Waals surface area contributed by atoms with Crippen molar-refractivity contribution in [1.82, 2.24) is 4.90 Å². The third-order valence-corrected chi connectivity index (χ3v) is 5.15. The summed E-state index contributed by atoms with van der Waals surface area (Å²) in [6.07, 6.45) is 1.57. The fourth-order valence-corrected chi connectivity index (χ4v) is 3.51. The molecule has 0 saturated carbocycles. The summed E-state index contributed by atoms with van der Waals surface area (Å²) in [6.45, 7) is 5.39. The fraction of sp³-hybridized carbons (Fsp3) is 0.455. The number of halogens is 3. The number of benzene rings is 2. The minimum absolute atomic E-state index is 0. The number of likely N-dealkylation sites (tertiary alicyclic amines) is 1. The van der Waals surface area contributed by atoms with Crippen molar-refractivity contribution >= 4 is 48.6 Å². The second-order valence-corrected chi connectivity index (χ2v) is 7.60. The van der Waals surface area contributed by atoms with Gasteiger partial charge in [-0.1, -0.05) is 18.2 Å². The van der Waals surface area contributed by atoms with Crippen molar-refractivity contribution in [2.75, 3.05) is 44.3 Å². The average molecular weight is 495 g/mol. The van der Waals surface area contributed by atoms with E-state index >= 15 is 0 Å². The third kappa shape index (κ3) is 9.21. The summed E-state index contributed by atoms with van der Waals surface area (Å²) in [5.41, 5.74) is 13.7. The molecule has 1 saturated heterocycles. The molecule has 2 aromatic rings. The van der Waals surface area contributed by atoms with Gasteiger partial charge in [-0.25, -0.2) is 0 Å². The lowest BCUT2D eigenvalue weighted by Crippen LogP contribution is -2.41. The van der Waals surface area contributed by atoms with E-state index in [1.807, 2.05) is 49.4 Å². The normalized spacial score (nSPS) is 15.0. The van der Waals surface area contributed by atoms with Crippen molar-refractivity contribution < 1.29 is 14.6 Å². The number of piperidine rings is 1. The molecule has 0 bridgehead atoms. The van der Waals surface area contributed by atoms with E-state index in [4.69, 9.17) is 20.9 Å². The monoisotopic (exact) mass is 493 g/mol. The summed E-state index contributed by atoms with van der Waals surface area (Å²) in [5, 5.41) is 10.3. The molecule has 1 aliphatic rings. The average Bonchev–Trinajstić information content (AvgIpc) is 2.70. The predicted molar refractivity (Wildman–Crippen MR) is 134 cm³/mol. The lowest BCUT2D eigenvalue weighted by atomic mass is 9.97. The Labute approximate surface area is 203 Å². The molecule has 0 amide bonds. The first kappa shape index (κ1) is 29.4. The Balaban J connectivity index is 0.00000300. The number of aliphatic hydroxyl groups excluding tert-OH is 1. The molecular weight excluding hydrogens is 461 g/mol. The van der Waals surface area contributed by atoms with E-state index in [0.717, 1.165) is 43.9 Å². The molecule has 0 radical (unpaired) electrons. The topological polar surface area (TPSA) is 94.0 Å². The molecular formula is C22H34Cl3N3O3. The maximum Gasteiger partial charge on any atom is 0.144 e. The zero-order valence-corrected chi connectivity index (χ0v) is 20.2. The van der Waals surface area contributed by atoms with Crippen LogP contribution in [0.5, 0.6) is 11.5 Å². The summed E-state index contributed by atoms with van der Waals surface area (Å²) in [4.78, 5) is 2.28. The van der Waals surface area contributed by atoms with Crippen LogP contribution in [0, 0.1) is 12.8 Å². The summed E-state index contributed by atoms with van der Waals surface area (Å²) in [6, 6.07) is 13.6. The molecule has 5 N–H and O–H groups in total. The summed E-state index contributed by atoms with van der Waals surface area (Å²) >= 11 is 0. The molecule has 1 unspecified atom stereocenters. The predicted octanol–water partition coefficient (Wildman–Crippen LogP) is 3.96. The first-order chi connectivity index (χ1) is 13.5. The first-order valence-electron chi connectivity index (χ1n) is 9.88. The van der Waals surface area contributed by atoms with Crippen LogP contribution in [0.25, 0.3) is 0 Å². The van der Waals surface area contributed by atoms with Gasteiger partial charge in [-0.3, -0.25) is 0 Å². The fourth-order valence-electron chi connectivity index (χ4n) is 3.51. The highest BCUT2D eigenvalue weighted by Crippen LogP contribution is 2.29. The van der Waals surface area contributed by atoms with Crippen molar-refractivity contribution in [1.29, 1.82) is 0 Å². The summed E-state index contributed by atoms with van der Waals surface area (Å²) in [7, 11) is 0. The molecule has 3 rings (SSSR count). The van der Waals surface area contributed by atoms with E-state index in [0.29, 0.717) is 29.6 Å². The lowest BCUT2D eigenvalue weighted by Gasteiger charge is -2.33. The molecule has 9 heteroatoms. The number of aliphatic hydroxyl groups is 1. The Morgan fingerprint density at radius 1 is 1.03 bits per heavy atom. The van der Waals surface area contributed by atoms with Crippen molar-refractivity contribution in [3.63, 3.8) is 0 Å². The Bertz CT molecular complexity index is 760. The van der Waals surface area contributed by atoms with Crippen LogP contribution in [-0.2, 0) is 0 Å². The second kappa shape index (κ2) is 14.5. The SMILES string of the molecule is Cc1cc(N)c(N)c(OCC(O)CN2CCC(COc3ccccc3)CC2)c1.Cl.Cl.Cl. The molecule has 1 heterocycles. The Kier molecular flexibility index (Phi) is 13.8. The Morgan fingerprint density at radius 3 is 2.32 bits per heavy atom. The van der Waals surface area contributed by atoms with Crippen molar-refractivity contribution in [3.05, 3.63) is 48.0 Å². The first-order valence-corrected chi connectivity index (χ1v) is 9.88. The summed E-state index contributed by atoms with van der Waals surface area (Å²) in [5.74, 6) is 2.02. The number of hydrogen-bond donors (Lipinski definition) is 3. The molecule has 0 spiro atoms. The number of nitrogens with zero attached hydrogens (tertiary/aromatic N) is 1. The molecule has 0 aromatic heterocycles. The molecule has 1 aliphatic heterocycles. The standard InChI is InChI=1S/C22H31N3O3.3ClH/c1-16-11-20(23)22(24)21(12-16)28-15-18(26)13-25-9-7-17(8-10-25)14-27-19-5-3-2-4-6-19;;;/h2-6,11-12,17-18,26H,7-10,13-15,23-24H2,1H3;3*1H. The van der Waals surface area contributed by atoms with Crippen LogP contribution in [0.4, 0.5) is 11.4 Å². The highest BCUT2D eigenvalue weighted by atomic mass is 35.5. The minimum Gasteiger partial charge on any atom is -0.493 e. The molecule has 2 aromatic carbocycles. The minimum atomic E-state index is -0.571. The van der Waals surface area contributed by atoms with Gasteiger partial charge in [0.05, 0.1) is 18.0 Å². The number of ether oxygens (including phenoxy) is 2. The largest absolute Gasteiger partial charge is 0.493 e. The quantitative estimate of drug-likeness (QED) is 0.481. The second-order valence-electron chi connectivity index (χ2n) is 7.60. The van der Waals surface area contributed by atoms with Gasteiger partial charge in [0.15, 0.2) is 0 Å². The van der Waals surface area contributed by atoms with Crippen molar-refractivity contribution in [3.8, 4) is 11.5 Å². The number of aryl methyl sites for hydroxylation is 1. The van der Waals surface area contributed by atoms with Crippen LogP contribution >= 0.6 is 37.2 Å². The number of β-amino-alcohol motifs (C(OH)–C–C–N with tert-alkyl or cyclic N) is 1. The van der Waals surface area contributed by atoms with E-state index in [-0.39, 0.29) is 43.8 Å². The molecule has 1 atom stereocenters. The number of para-hydroxylation sites is 1. The van der Waals surface area contributed by atoms with E-state index in [2.05, 4.69) is 4.90 Å². The van der Waals surface area contributed by atoms with E-state index in [1.165, 1.54) is 0 Å². The van der Waals surface area contributed by atoms with Crippen LogP contribution in [0.3, 0.4) is 0 Å². The number of hydrogen-bond acceptors (Lipinski definition) is 6. The molecule has 31 heavy (non-hydrogen) atoms. The van der Waals surface area contributed by atoms with Crippen LogP contribution in [0.1, 0.15) is 18.4 Å². The van der Waals surface area contributed by atoms with Gasteiger partial charge in [-0.2, -0.15) is 0 Å². The molecule has 0 aliphatic carbocycles. The molecule has 6 nitrogen and oxygen atoms in total. The number of nitrogens with two attached hydrogens (primary N) is 2. The van der Waals surface area contributed by atoms with Gasteiger partial charge in [-0.15, -0.1) is 37.2 Å².